The summed E-state index contributed by atoms with van der Waals surface area (Å²) in [6.45, 7) is 4.43. The third-order valence-electron chi connectivity index (χ3n) is 3.35. The number of hydrogen-bond acceptors (Lipinski definition) is 2. The van der Waals surface area contributed by atoms with Gasteiger partial charge in [0.15, 0.2) is 0 Å². The van der Waals surface area contributed by atoms with Gasteiger partial charge in [-0.1, -0.05) is 40.2 Å². The van der Waals surface area contributed by atoms with Gasteiger partial charge in [0.1, 0.15) is 0 Å². The number of aryl methyl sites for hydroxylation is 1. The summed E-state index contributed by atoms with van der Waals surface area (Å²) in [5.74, 6) is -0.0437. The summed E-state index contributed by atoms with van der Waals surface area (Å²) in [6, 6.07) is 15.9. The number of benzene rings is 2. The van der Waals surface area contributed by atoms with Crippen LogP contribution in [0, 0.1) is 6.92 Å². The van der Waals surface area contributed by atoms with Crippen LogP contribution in [0.25, 0.3) is 0 Å². The van der Waals surface area contributed by atoms with Gasteiger partial charge in [-0.3, -0.25) is 4.79 Å². The van der Waals surface area contributed by atoms with Crippen LogP contribution < -0.4 is 10.6 Å². The zero-order valence-corrected chi connectivity index (χ0v) is 13.8. The van der Waals surface area contributed by atoms with E-state index in [-0.39, 0.29) is 18.5 Å². The van der Waals surface area contributed by atoms with E-state index < -0.39 is 0 Å². The van der Waals surface area contributed by atoms with E-state index in [2.05, 4.69) is 52.5 Å². The van der Waals surface area contributed by atoms with Crippen molar-refractivity contribution in [1.82, 2.24) is 5.32 Å². The molecule has 3 nitrogen and oxygen atoms in total. The van der Waals surface area contributed by atoms with Gasteiger partial charge in [-0.25, -0.2) is 0 Å². The van der Waals surface area contributed by atoms with E-state index in [0.29, 0.717) is 0 Å². The molecule has 0 aliphatic rings. The Kier molecular flexibility index (Phi) is 5.53. The molecule has 0 fully saturated rings. The second-order valence-corrected chi connectivity index (χ2v) is 5.93. The first-order valence-electron chi connectivity index (χ1n) is 6.90. The van der Waals surface area contributed by atoms with Crippen LogP contribution in [0.2, 0.25) is 0 Å². The average molecular weight is 347 g/mol. The minimum absolute atomic E-state index is 0.0437. The standard InChI is InChI=1S/C17H19BrN2O/c1-12-5-3-4-6-16(12)13(2)19-11-17(21)20-15-9-7-14(18)8-10-15/h3-10,13,19H,11H2,1-2H3,(H,20,21). The summed E-state index contributed by atoms with van der Waals surface area (Å²) in [7, 11) is 0. The fourth-order valence-corrected chi connectivity index (χ4v) is 2.43. The fourth-order valence-electron chi connectivity index (χ4n) is 2.17. The highest BCUT2D eigenvalue weighted by molar-refractivity contribution is 9.10. The highest BCUT2D eigenvalue weighted by Gasteiger charge is 2.09. The van der Waals surface area contributed by atoms with Crippen LogP contribution in [-0.4, -0.2) is 12.5 Å². The summed E-state index contributed by atoms with van der Waals surface area (Å²) in [4.78, 5) is 11.9. The van der Waals surface area contributed by atoms with Crippen molar-refractivity contribution < 1.29 is 4.79 Å². The maximum Gasteiger partial charge on any atom is 0.238 e. The number of carbonyl (C=O) groups excluding carboxylic acids is 1. The Labute approximate surface area is 133 Å². The largest absolute Gasteiger partial charge is 0.325 e. The van der Waals surface area contributed by atoms with Crippen LogP contribution in [0.1, 0.15) is 24.1 Å². The minimum atomic E-state index is -0.0437. The molecule has 0 saturated carbocycles. The second-order valence-electron chi connectivity index (χ2n) is 5.01. The van der Waals surface area contributed by atoms with Crippen molar-refractivity contribution in [3.63, 3.8) is 0 Å². The number of rotatable bonds is 5. The third kappa shape index (κ3) is 4.69. The lowest BCUT2D eigenvalue weighted by molar-refractivity contribution is -0.115. The first-order valence-corrected chi connectivity index (χ1v) is 7.70. The Bertz CT molecular complexity index is 610. The van der Waals surface area contributed by atoms with Gasteiger partial charge in [-0.05, 0) is 49.2 Å². The third-order valence-corrected chi connectivity index (χ3v) is 3.88. The number of hydrogen-bond donors (Lipinski definition) is 2. The van der Waals surface area contributed by atoms with Gasteiger partial charge >= 0.3 is 0 Å². The summed E-state index contributed by atoms with van der Waals surface area (Å²) in [6.07, 6.45) is 0. The molecular weight excluding hydrogens is 328 g/mol. The summed E-state index contributed by atoms with van der Waals surface area (Å²) < 4.78 is 0.992. The Balaban J connectivity index is 1.86. The van der Waals surface area contributed by atoms with Crippen LogP contribution in [0.15, 0.2) is 53.0 Å². The summed E-state index contributed by atoms with van der Waals surface area (Å²) in [5.41, 5.74) is 3.24. The molecule has 110 valence electrons. The van der Waals surface area contributed by atoms with Gasteiger partial charge in [-0.15, -0.1) is 0 Å². The minimum Gasteiger partial charge on any atom is -0.325 e. The maximum atomic E-state index is 11.9. The average Bonchev–Trinajstić information content (AvgIpc) is 2.48. The Morgan fingerprint density at radius 2 is 1.81 bits per heavy atom. The van der Waals surface area contributed by atoms with E-state index in [1.54, 1.807) is 0 Å². The lowest BCUT2D eigenvalue weighted by Gasteiger charge is -2.16. The van der Waals surface area contributed by atoms with Crippen molar-refractivity contribution in [2.24, 2.45) is 0 Å². The van der Waals surface area contributed by atoms with E-state index in [4.69, 9.17) is 0 Å². The van der Waals surface area contributed by atoms with Gasteiger partial charge in [-0.2, -0.15) is 0 Å². The highest BCUT2D eigenvalue weighted by Crippen LogP contribution is 2.16. The zero-order valence-electron chi connectivity index (χ0n) is 12.2. The van der Waals surface area contributed by atoms with E-state index in [1.807, 2.05) is 36.4 Å². The van der Waals surface area contributed by atoms with Crippen molar-refractivity contribution in [3.8, 4) is 0 Å². The number of anilines is 1. The first kappa shape index (κ1) is 15.7. The molecule has 0 saturated heterocycles. The highest BCUT2D eigenvalue weighted by atomic mass is 79.9. The monoisotopic (exact) mass is 346 g/mol. The fraction of sp³-hybridized carbons (Fsp3) is 0.235. The Morgan fingerprint density at radius 3 is 2.48 bits per heavy atom. The molecule has 2 aromatic carbocycles. The number of carbonyl (C=O) groups is 1. The van der Waals surface area contributed by atoms with Gasteiger partial charge < -0.3 is 10.6 Å². The molecule has 1 atom stereocenters. The van der Waals surface area contributed by atoms with Gasteiger partial charge in [0.05, 0.1) is 6.54 Å². The lowest BCUT2D eigenvalue weighted by atomic mass is 10.0. The molecule has 21 heavy (non-hydrogen) atoms. The quantitative estimate of drug-likeness (QED) is 0.857. The van der Waals surface area contributed by atoms with Crippen molar-refractivity contribution in [1.29, 1.82) is 0 Å². The molecule has 0 aliphatic heterocycles. The first-order chi connectivity index (χ1) is 10.1. The normalized spacial score (nSPS) is 12.0. The molecule has 4 heteroatoms. The van der Waals surface area contributed by atoms with Crippen LogP contribution in [-0.2, 0) is 4.79 Å². The molecule has 1 unspecified atom stereocenters. The summed E-state index contributed by atoms with van der Waals surface area (Å²) in [5, 5.41) is 6.12. The van der Waals surface area contributed by atoms with Crippen molar-refractivity contribution >= 4 is 27.5 Å². The van der Waals surface area contributed by atoms with E-state index in [9.17, 15) is 4.79 Å². The second kappa shape index (κ2) is 7.38. The van der Waals surface area contributed by atoms with E-state index in [0.717, 1.165) is 10.2 Å². The van der Waals surface area contributed by atoms with Gasteiger partial charge in [0, 0.05) is 16.2 Å². The zero-order chi connectivity index (χ0) is 15.2. The molecule has 0 bridgehead atoms. The van der Waals surface area contributed by atoms with Gasteiger partial charge in [0.25, 0.3) is 0 Å². The predicted molar refractivity (Wildman–Crippen MR) is 90.4 cm³/mol. The topological polar surface area (TPSA) is 41.1 Å². The summed E-state index contributed by atoms with van der Waals surface area (Å²) >= 11 is 3.37. The van der Waals surface area contributed by atoms with E-state index in [1.165, 1.54) is 11.1 Å². The van der Waals surface area contributed by atoms with Crippen LogP contribution in [0.4, 0.5) is 5.69 Å². The molecule has 0 spiro atoms. The maximum absolute atomic E-state index is 11.9. The molecule has 0 radical (unpaired) electrons. The lowest BCUT2D eigenvalue weighted by Crippen LogP contribution is -2.30. The molecule has 2 rings (SSSR count). The van der Waals surface area contributed by atoms with Crippen LogP contribution in [0.5, 0.6) is 0 Å². The Hall–Kier alpha value is -1.65. The smallest absolute Gasteiger partial charge is 0.238 e. The number of amides is 1. The van der Waals surface area contributed by atoms with Crippen molar-refractivity contribution in [2.45, 2.75) is 19.9 Å². The molecule has 0 heterocycles. The van der Waals surface area contributed by atoms with Crippen molar-refractivity contribution in [3.05, 3.63) is 64.1 Å². The number of halogens is 1. The Morgan fingerprint density at radius 1 is 1.14 bits per heavy atom. The van der Waals surface area contributed by atoms with Gasteiger partial charge in [0.2, 0.25) is 5.91 Å². The SMILES string of the molecule is Cc1ccccc1C(C)NCC(=O)Nc1ccc(Br)cc1. The molecular formula is C17H19BrN2O. The molecule has 2 aromatic rings. The molecule has 2 N–H and O–H groups in total. The van der Waals surface area contributed by atoms with E-state index >= 15 is 0 Å². The molecule has 0 aliphatic carbocycles. The van der Waals surface area contributed by atoms with Crippen molar-refractivity contribution in [2.75, 3.05) is 11.9 Å². The van der Waals surface area contributed by atoms with Crippen LogP contribution in [0.3, 0.4) is 0 Å². The number of nitrogens with one attached hydrogen (secondary N) is 2. The molecule has 1 amide bonds. The van der Waals surface area contributed by atoms with Crippen LogP contribution >= 0.6 is 15.9 Å². The molecule has 0 aromatic heterocycles. The predicted octanol–water partition coefficient (Wildman–Crippen LogP) is 4.05.